The number of aromatic nitrogens is 1. The molecule has 2 heterocycles. The first-order chi connectivity index (χ1) is 10.2. The molecule has 0 aliphatic carbocycles. The molecule has 0 aliphatic heterocycles. The van der Waals surface area contributed by atoms with Crippen molar-refractivity contribution >= 4 is 27.6 Å². The zero-order valence-corrected chi connectivity index (χ0v) is 12.3. The molecular formula is C15H15N3O2S. The number of carbonyl (C=O) groups excluding carboxylic acids is 1. The number of thiazole rings is 1. The third kappa shape index (κ3) is 3.22. The number of carbonyl (C=O) groups is 1. The van der Waals surface area contributed by atoms with Crippen molar-refractivity contribution in [3.05, 3.63) is 53.4 Å². The number of furan rings is 1. The van der Waals surface area contributed by atoms with Gasteiger partial charge in [0.15, 0.2) is 0 Å². The van der Waals surface area contributed by atoms with Gasteiger partial charge in [-0.25, -0.2) is 9.78 Å². The zero-order chi connectivity index (χ0) is 14.7. The lowest BCUT2D eigenvalue weighted by molar-refractivity contribution is 0.235. The van der Waals surface area contributed by atoms with E-state index < -0.39 is 0 Å². The van der Waals surface area contributed by atoms with Crippen molar-refractivity contribution < 1.29 is 9.21 Å². The maximum absolute atomic E-state index is 11.9. The number of hydrogen-bond donors (Lipinski definition) is 2. The van der Waals surface area contributed by atoms with Crippen LogP contribution in [0.4, 0.5) is 4.79 Å². The van der Waals surface area contributed by atoms with Gasteiger partial charge >= 0.3 is 6.03 Å². The Balaban J connectivity index is 1.56. The predicted octanol–water partition coefficient (Wildman–Crippen LogP) is 3.45. The van der Waals surface area contributed by atoms with Crippen molar-refractivity contribution in [3.63, 3.8) is 0 Å². The van der Waals surface area contributed by atoms with Gasteiger partial charge in [0.05, 0.1) is 29.1 Å². The number of nitrogens with zero attached hydrogens (tertiary/aromatic N) is 1. The first-order valence-electron chi connectivity index (χ1n) is 6.64. The molecule has 2 N–H and O–H groups in total. The Morgan fingerprint density at radius 1 is 1.33 bits per heavy atom. The van der Waals surface area contributed by atoms with Gasteiger partial charge in [-0.05, 0) is 31.2 Å². The Labute approximate surface area is 126 Å². The highest BCUT2D eigenvalue weighted by molar-refractivity contribution is 7.18. The minimum atomic E-state index is -0.238. The van der Waals surface area contributed by atoms with Crippen LogP contribution in [0, 0.1) is 0 Å². The van der Waals surface area contributed by atoms with Crippen LogP contribution >= 0.6 is 11.3 Å². The molecule has 6 heteroatoms. The van der Waals surface area contributed by atoms with E-state index in [2.05, 4.69) is 15.6 Å². The fourth-order valence-electron chi connectivity index (χ4n) is 2.01. The predicted molar refractivity (Wildman–Crippen MR) is 82.1 cm³/mol. The molecule has 3 aromatic rings. The van der Waals surface area contributed by atoms with Crippen molar-refractivity contribution in [2.45, 2.75) is 19.5 Å². The number of nitrogens with one attached hydrogen (secondary N) is 2. The lowest BCUT2D eigenvalue weighted by atomic mass is 10.2. The first kappa shape index (κ1) is 13.6. The minimum Gasteiger partial charge on any atom is -0.467 e. The van der Waals surface area contributed by atoms with E-state index in [4.69, 9.17) is 4.42 Å². The molecule has 21 heavy (non-hydrogen) atoms. The summed E-state index contributed by atoms with van der Waals surface area (Å²) in [7, 11) is 0. The number of hydrogen-bond acceptors (Lipinski definition) is 4. The van der Waals surface area contributed by atoms with E-state index in [1.807, 2.05) is 37.3 Å². The van der Waals surface area contributed by atoms with E-state index in [0.29, 0.717) is 6.54 Å². The van der Waals surface area contributed by atoms with Crippen LogP contribution < -0.4 is 10.6 Å². The second kappa shape index (κ2) is 5.97. The van der Waals surface area contributed by atoms with Gasteiger partial charge in [0, 0.05) is 0 Å². The fourth-order valence-corrected chi connectivity index (χ4v) is 2.91. The van der Waals surface area contributed by atoms with E-state index in [1.165, 1.54) is 0 Å². The molecule has 0 aliphatic rings. The minimum absolute atomic E-state index is 0.171. The van der Waals surface area contributed by atoms with Gasteiger partial charge in [-0.3, -0.25) is 0 Å². The summed E-state index contributed by atoms with van der Waals surface area (Å²) in [6, 6.07) is 11.1. The molecule has 5 nitrogen and oxygen atoms in total. The molecule has 0 bridgehead atoms. The summed E-state index contributed by atoms with van der Waals surface area (Å²) in [5, 5.41) is 6.51. The molecule has 2 aromatic heterocycles. The van der Waals surface area contributed by atoms with Gasteiger partial charge in [-0.1, -0.05) is 12.1 Å². The summed E-state index contributed by atoms with van der Waals surface area (Å²) >= 11 is 1.58. The van der Waals surface area contributed by atoms with Crippen LogP contribution in [0.2, 0.25) is 0 Å². The first-order valence-corrected chi connectivity index (χ1v) is 7.46. The van der Waals surface area contributed by atoms with Crippen molar-refractivity contribution in [1.82, 2.24) is 15.6 Å². The van der Waals surface area contributed by atoms with Crippen LogP contribution in [0.1, 0.15) is 23.7 Å². The lowest BCUT2D eigenvalue weighted by Crippen LogP contribution is -2.36. The Kier molecular flexibility index (Phi) is 3.87. The van der Waals surface area contributed by atoms with Crippen molar-refractivity contribution in [3.8, 4) is 0 Å². The highest BCUT2D eigenvalue weighted by atomic mass is 32.1. The van der Waals surface area contributed by atoms with Crippen LogP contribution in [0.25, 0.3) is 10.2 Å². The van der Waals surface area contributed by atoms with Crippen LogP contribution in [-0.4, -0.2) is 11.0 Å². The second-order valence-electron chi connectivity index (χ2n) is 4.64. The summed E-state index contributed by atoms with van der Waals surface area (Å²) in [4.78, 5) is 16.3. The molecule has 1 aromatic carbocycles. The second-order valence-corrected chi connectivity index (χ2v) is 5.75. The Bertz CT molecular complexity index is 703. The molecule has 0 saturated heterocycles. The van der Waals surface area contributed by atoms with Gasteiger partial charge in [-0.2, -0.15) is 0 Å². The van der Waals surface area contributed by atoms with Crippen LogP contribution in [-0.2, 0) is 6.54 Å². The number of benzene rings is 1. The average Bonchev–Trinajstić information content (AvgIpc) is 3.14. The summed E-state index contributed by atoms with van der Waals surface area (Å²) in [6.07, 6.45) is 1.59. The molecule has 0 spiro atoms. The standard InChI is InChI=1S/C15H15N3O2S/c1-10(12-6-4-8-20-12)17-15(19)16-9-14-18-11-5-2-3-7-13(11)21-14/h2-8,10H,9H2,1H3,(H2,16,17,19)/t10-/m1/s1. The molecule has 0 fully saturated rings. The third-order valence-corrected chi connectivity index (χ3v) is 4.09. The largest absolute Gasteiger partial charge is 0.467 e. The van der Waals surface area contributed by atoms with Crippen molar-refractivity contribution in [1.29, 1.82) is 0 Å². The molecule has 0 radical (unpaired) electrons. The highest BCUT2D eigenvalue weighted by Crippen LogP contribution is 2.21. The quantitative estimate of drug-likeness (QED) is 0.775. The Morgan fingerprint density at radius 3 is 2.95 bits per heavy atom. The van der Waals surface area contributed by atoms with Crippen LogP contribution in [0.3, 0.4) is 0 Å². The number of para-hydroxylation sites is 1. The number of rotatable bonds is 4. The van der Waals surface area contributed by atoms with E-state index in [-0.39, 0.29) is 12.1 Å². The maximum atomic E-state index is 11.9. The summed E-state index contributed by atoms with van der Waals surface area (Å²) in [6.45, 7) is 2.28. The summed E-state index contributed by atoms with van der Waals surface area (Å²) < 4.78 is 6.37. The van der Waals surface area contributed by atoms with E-state index in [9.17, 15) is 4.79 Å². The zero-order valence-electron chi connectivity index (χ0n) is 11.5. The molecule has 2 amide bonds. The van der Waals surface area contributed by atoms with E-state index >= 15 is 0 Å². The normalized spacial score (nSPS) is 12.2. The number of urea groups is 1. The van der Waals surface area contributed by atoms with Crippen molar-refractivity contribution in [2.24, 2.45) is 0 Å². The fraction of sp³-hybridized carbons (Fsp3) is 0.200. The number of fused-ring (bicyclic) bond motifs is 1. The van der Waals surface area contributed by atoms with Crippen molar-refractivity contribution in [2.75, 3.05) is 0 Å². The Morgan fingerprint density at radius 2 is 2.19 bits per heavy atom. The SMILES string of the molecule is C[C@@H](NC(=O)NCc1nc2ccccc2s1)c1ccco1. The van der Waals surface area contributed by atoms with Gasteiger partial charge in [0.2, 0.25) is 0 Å². The lowest BCUT2D eigenvalue weighted by Gasteiger charge is -2.11. The highest BCUT2D eigenvalue weighted by Gasteiger charge is 2.12. The molecular weight excluding hydrogens is 286 g/mol. The van der Waals surface area contributed by atoms with E-state index in [0.717, 1.165) is 21.0 Å². The van der Waals surface area contributed by atoms with Crippen LogP contribution in [0.15, 0.2) is 47.1 Å². The number of amides is 2. The molecule has 0 saturated carbocycles. The monoisotopic (exact) mass is 301 g/mol. The Hall–Kier alpha value is -2.34. The van der Waals surface area contributed by atoms with Gasteiger partial charge in [-0.15, -0.1) is 11.3 Å². The van der Waals surface area contributed by atoms with Crippen LogP contribution in [0.5, 0.6) is 0 Å². The van der Waals surface area contributed by atoms with Gasteiger partial charge < -0.3 is 15.1 Å². The third-order valence-electron chi connectivity index (χ3n) is 3.06. The molecule has 0 unspecified atom stereocenters. The maximum Gasteiger partial charge on any atom is 0.315 e. The van der Waals surface area contributed by atoms with Gasteiger partial charge in [0.25, 0.3) is 0 Å². The van der Waals surface area contributed by atoms with Gasteiger partial charge in [0.1, 0.15) is 10.8 Å². The smallest absolute Gasteiger partial charge is 0.315 e. The summed E-state index contributed by atoms with van der Waals surface area (Å²) in [5.74, 6) is 0.727. The summed E-state index contributed by atoms with van der Waals surface area (Å²) in [5.41, 5.74) is 0.962. The average molecular weight is 301 g/mol. The molecule has 1 atom stereocenters. The topological polar surface area (TPSA) is 67.2 Å². The molecule has 3 rings (SSSR count). The van der Waals surface area contributed by atoms with E-state index in [1.54, 1.807) is 23.7 Å². The molecule has 108 valence electrons.